The van der Waals surface area contributed by atoms with Crippen molar-refractivity contribution in [3.05, 3.63) is 97.2 Å². The Morgan fingerprint density at radius 3 is 2.76 bits per heavy atom. The van der Waals surface area contributed by atoms with Crippen LogP contribution in [-0.4, -0.2) is 20.4 Å². The summed E-state index contributed by atoms with van der Waals surface area (Å²) in [7, 11) is 0. The first-order chi connectivity index (χ1) is 13.8. The molecule has 3 aromatic rings. The van der Waals surface area contributed by atoms with Crippen LogP contribution in [0.2, 0.25) is 5.02 Å². The molecule has 29 heavy (non-hydrogen) atoms. The van der Waals surface area contributed by atoms with Crippen molar-refractivity contribution in [1.29, 1.82) is 0 Å². The average Bonchev–Trinajstić information content (AvgIpc) is 2.69. The Bertz CT molecular complexity index is 1130. The maximum absolute atomic E-state index is 12.5. The third-order valence-electron chi connectivity index (χ3n) is 4.03. The predicted octanol–water partition coefficient (Wildman–Crippen LogP) is 2.53. The molecule has 2 aromatic heterocycles. The van der Waals surface area contributed by atoms with Crippen LogP contribution in [0.5, 0.6) is 5.75 Å². The summed E-state index contributed by atoms with van der Waals surface area (Å²) in [5, 5.41) is 11.5. The summed E-state index contributed by atoms with van der Waals surface area (Å²) < 4.78 is 6.83. The number of rotatable bonds is 7. The molecule has 1 amide bonds. The highest BCUT2D eigenvalue weighted by Crippen LogP contribution is 2.25. The Hall–Kier alpha value is -3.72. The summed E-state index contributed by atoms with van der Waals surface area (Å²) in [6.45, 7) is 0.114. The average molecular weight is 415 g/mol. The van der Waals surface area contributed by atoms with E-state index in [-0.39, 0.29) is 13.2 Å². The number of hydrogen-bond acceptors (Lipinski definition) is 6. The number of carbonyl (C=O) groups excluding carboxylic acids is 1. The van der Waals surface area contributed by atoms with E-state index in [2.05, 4.69) is 4.98 Å². The second-order valence-electron chi connectivity index (χ2n) is 6.07. The van der Waals surface area contributed by atoms with Gasteiger partial charge in [0.05, 0.1) is 17.7 Å². The highest BCUT2D eigenvalue weighted by Gasteiger charge is 2.18. The zero-order chi connectivity index (χ0) is 21.0. The number of amides is 1. The van der Waals surface area contributed by atoms with Crippen LogP contribution in [-0.2, 0) is 13.2 Å². The van der Waals surface area contributed by atoms with E-state index in [9.17, 15) is 19.7 Å². The van der Waals surface area contributed by atoms with Crippen molar-refractivity contribution in [2.24, 2.45) is 5.73 Å². The molecule has 0 saturated heterocycles. The van der Waals surface area contributed by atoms with Gasteiger partial charge in [-0.3, -0.25) is 24.7 Å². The van der Waals surface area contributed by atoms with Crippen molar-refractivity contribution in [2.75, 3.05) is 0 Å². The van der Waals surface area contributed by atoms with E-state index in [0.29, 0.717) is 16.3 Å². The fraction of sp³-hybridized carbons (Fsp3) is 0.105. The van der Waals surface area contributed by atoms with E-state index in [4.69, 9.17) is 22.1 Å². The number of carbonyl (C=O) groups is 1. The number of nitrogens with two attached hydrogens (primary N) is 1. The monoisotopic (exact) mass is 414 g/mol. The van der Waals surface area contributed by atoms with Crippen LogP contribution in [0, 0.1) is 10.1 Å². The molecule has 3 rings (SSSR count). The summed E-state index contributed by atoms with van der Waals surface area (Å²) in [5.41, 5.74) is 4.86. The molecular weight excluding hydrogens is 400 g/mol. The van der Waals surface area contributed by atoms with Gasteiger partial charge in [-0.05, 0) is 24.3 Å². The Morgan fingerprint density at radius 2 is 2.10 bits per heavy atom. The van der Waals surface area contributed by atoms with Crippen molar-refractivity contribution in [2.45, 2.75) is 13.2 Å². The first kappa shape index (κ1) is 20.0. The molecule has 9 nitrogen and oxygen atoms in total. The van der Waals surface area contributed by atoms with Crippen LogP contribution in [0.4, 0.5) is 5.69 Å². The van der Waals surface area contributed by atoms with Crippen LogP contribution < -0.4 is 16.0 Å². The number of halogens is 1. The standard InChI is InChI=1S/C19H15ClN4O5/c20-14-3-4-17(29-11-12-2-1-5-22-8-12)13(6-14)9-23-10-15(24(27)28)7-16(18(21)25)19(23)26/h1-8,10H,9,11H2,(H2,21,25). The zero-order valence-electron chi connectivity index (χ0n) is 14.9. The number of nitro groups is 1. The van der Waals surface area contributed by atoms with Crippen LogP contribution in [0.1, 0.15) is 21.5 Å². The normalized spacial score (nSPS) is 10.5. The number of primary amides is 1. The van der Waals surface area contributed by atoms with Gasteiger partial charge in [-0.15, -0.1) is 0 Å². The van der Waals surface area contributed by atoms with Gasteiger partial charge in [-0.25, -0.2) is 0 Å². The van der Waals surface area contributed by atoms with Gasteiger partial charge in [0.1, 0.15) is 17.9 Å². The van der Waals surface area contributed by atoms with Crippen molar-refractivity contribution < 1.29 is 14.5 Å². The lowest BCUT2D eigenvalue weighted by atomic mass is 10.1. The SMILES string of the molecule is NC(=O)c1cc([N+](=O)[O-])cn(Cc2cc(Cl)ccc2OCc2cccnc2)c1=O. The summed E-state index contributed by atoms with van der Waals surface area (Å²) in [6.07, 6.45) is 4.34. The van der Waals surface area contributed by atoms with E-state index < -0.39 is 27.6 Å². The predicted molar refractivity (Wildman–Crippen MR) is 105 cm³/mol. The molecule has 0 aliphatic heterocycles. The summed E-state index contributed by atoms with van der Waals surface area (Å²) in [4.78, 5) is 38.5. The van der Waals surface area contributed by atoms with E-state index in [1.165, 1.54) is 0 Å². The van der Waals surface area contributed by atoms with Crippen molar-refractivity contribution in [3.63, 3.8) is 0 Å². The summed E-state index contributed by atoms with van der Waals surface area (Å²) >= 11 is 6.07. The van der Waals surface area contributed by atoms with E-state index in [1.807, 2.05) is 6.07 Å². The molecule has 0 fully saturated rings. The van der Waals surface area contributed by atoms with Gasteiger partial charge < -0.3 is 15.0 Å². The van der Waals surface area contributed by atoms with Crippen molar-refractivity contribution >= 4 is 23.2 Å². The molecule has 0 atom stereocenters. The third-order valence-corrected chi connectivity index (χ3v) is 4.26. The van der Waals surface area contributed by atoms with E-state index in [0.717, 1.165) is 22.4 Å². The number of benzene rings is 1. The van der Waals surface area contributed by atoms with Crippen LogP contribution in [0.25, 0.3) is 0 Å². The van der Waals surface area contributed by atoms with Gasteiger partial charge in [-0.2, -0.15) is 0 Å². The molecule has 0 spiro atoms. The Kier molecular flexibility index (Phi) is 5.89. The largest absolute Gasteiger partial charge is 0.488 e. The van der Waals surface area contributed by atoms with Crippen molar-refractivity contribution in [3.8, 4) is 5.75 Å². The van der Waals surface area contributed by atoms with Gasteiger partial charge in [-0.1, -0.05) is 17.7 Å². The lowest BCUT2D eigenvalue weighted by Gasteiger charge is -2.14. The Balaban J connectivity index is 1.97. The second-order valence-corrected chi connectivity index (χ2v) is 6.50. The highest BCUT2D eigenvalue weighted by molar-refractivity contribution is 6.30. The number of aromatic nitrogens is 2. The number of nitrogens with zero attached hydrogens (tertiary/aromatic N) is 3. The molecule has 0 radical (unpaired) electrons. The number of pyridine rings is 2. The Labute approximate surface area is 169 Å². The zero-order valence-corrected chi connectivity index (χ0v) is 15.7. The Morgan fingerprint density at radius 1 is 1.31 bits per heavy atom. The minimum Gasteiger partial charge on any atom is -0.488 e. The van der Waals surface area contributed by atoms with E-state index >= 15 is 0 Å². The van der Waals surface area contributed by atoms with Crippen LogP contribution >= 0.6 is 11.6 Å². The second kappa shape index (κ2) is 8.53. The van der Waals surface area contributed by atoms with E-state index in [1.54, 1.807) is 36.7 Å². The summed E-state index contributed by atoms with van der Waals surface area (Å²) in [5.74, 6) is -0.621. The minimum atomic E-state index is -1.05. The third kappa shape index (κ3) is 4.77. The van der Waals surface area contributed by atoms with Gasteiger partial charge in [0.25, 0.3) is 17.2 Å². The molecule has 2 N–H and O–H groups in total. The maximum atomic E-state index is 12.5. The highest BCUT2D eigenvalue weighted by atomic mass is 35.5. The molecular formula is C19H15ClN4O5. The maximum Gasteiger partial charge on any atom is 0.286 e. The lowest BCUT2D eigenvalue weighted by molar-refractivity contribution is -0.385. The molecule has 148 valence electrons. The molecule has 0 bridgehead atoms. The van der Waals surface area contributed by atoms with Crippen molar-refractivity contribution in [1.82, 2.24) is 9.55 Å². The summed E-state index contributed by atoms with van der Waals surface area (Å²) in [6, 6.07) is 9.30. The first-order valence-electron chi connectivity index (χ1n) is 8.34. The van der Waals surface area contributed by atoms with Gasteiger partial charge >= 0.3 is 0 Å². The fourth-order valence-electron chi connectivity index (χ4n) is 2.65. The number of ether oxygens (including phenoxy) is 1. The lowest BCUT2D eigenvalue weighted by Crippen LogP contribution is -2.30. The molecule has 2 heterocycles. The topological polar surface area (TPSA) is 130 Å². The molecule has 0 aliphatic rings. The fourth-order valence-corrected chi connectivity index (χ4v) is 2.85. The van der Waals surface area contributed by atoms with Gasteiger partial charge in [0, 0.05) is 34.6 Å². The molecule has 0 unspecified atom stereocenters. The van der Waals surface area contributed by atoms with Gasteiger partial charge in [0.15, 0.2) is 0 Å². The molecule has 0 saturated carbocycles. The first-order valence-corrected chi connectivity index (χ1v) is 8.72. The molecule has 1 aromatic carbocycles. The van der Waals surface area contributed by atoms with Crippen LogP contribution in [0.3, 0.4) is 0 Å². The molecule has 0 aliphatic carbocycles. The van der Waals surface area contributed by atoms with Crippen LogP contribution in [0.15, 0.2) is 59.8 Å². The number of hydrogen-bond donors (Lipinski definition) is 1. The van der Waals surface area contributed by atoms with Gasteiger partial charge in [0.2, 0.25) is 0 Å². The quantitative estimate of drug-likeness (QED) is 0.467. The molecule has 10 heteroatoms. The smallest absolute Gasteiger partial charge is 0.286 e. The minimum absolute atomic E-state index is 0.107.